The van der Waals surface area contributed by atoms with Crippen molar-refractivity contribution in [1.82, 2.24) is 4.98 Å². The van der Waals surface area contributed by atoms with E-state index in [1.54, 1.807) is 7.11 Å². The Hall–Kier alpha value is -2.48. The molecule has 3 aromatic rings. The normalized spacial score (nSPS) is 13.9. The van der Waals surface area contributed by atoms with E-state index in [0.717, 1.165) is 18.6 Å². The molecule has 0 amide bonds. The van der Waals surface area contributed by atoms with Gasteiger partial charge in [-0.25, -0.2) is 0 Å². The number of hydrogen-bond acceptors (Lipinski definition) is 1. The second-order valence-corrected chi connectivity index (χ2v) is 5.50. The van der Waals surface area contributed by atoms with Gasteiger partial charge in [0.2, 0.25) is 0 Å². The van der Waals surface area contributed by atoms with Gasteiger partial charge in [0.15, 0.2) is 0 Å². The van der Waals surface area contributed by atoms with Crippen LogP contribution in [0, 0.1) is 0 Å². The van der Waals surface area contributed by atoms with Crippen LogP contribution in [0.4, 0.5) is 0 Å². The zero-order valence-electron chi connectivity index (χ0n) is 12.0. The molecule has 0 saturated carbocycles. The lowest BCUT2D eigenvalue weighted by Crippen LogP contribution is -1.99. The number of rotatable bonds is 2. The van der Waals surface area contributed by atoms with Crippen LogP contribution in [0.1, 0.15) is 23.2 Å². The number of aryl methyl sites for hydroxylation is 1. The molecule has 0 unspecified atom stereocenters. The maximum atomic E-state index is 5.30. The largest absolute Gasteiger partial charge is 0.497 e. The van der Waals surface area contributed by atoms with Gasteiger partial charge in [-0.15, -0.1) is 0 Å². The standard InChI is InChI=1S/C19H17NO/c1-21-17-9-8-13-10-16(7-6-14(13)11-17)19-12-15-4-2-3-5-18(15)20-19/h2-5,8-12,20H,6-7H2,1H3. The fourth-order valence-corrected chi connectivity index (χ4v) is 3.05. The molecule has 0 radical (unpaired) electrons. The molecule has 0 atom stereocenters. The third-order valence-electron chi connectivity index (χ3n) is 4.22. The van der Waals surface area contributed by atoms with Crippen LogP contribution in [0.25, 0.3) is 22.6 Å². The average molecular weight is 275 g/mol. The molecule has 2 nitrogen and oxygen atoms in total. The summed E-state index contributed by atoms with van der Waals surface area (Å²) >= 11 is 0. The Labute approximate surface area is 124 Å². The number of para-hydroxylation sites is 1. The first-order chi connectivity index (χ1) is 10.3. The van der Waals surface area contributed by atoms with Crippen LogP contribution in [0.3, 0.4) is 0 Å². The quantitative estimate of drug-likeness (QED) is 0.722. The number of hydrogen-bond donors (Lipinski definition) is 1. The van der Waals surface area contributed by atoms with Crippen molar-refractivity contribution in [2.24, 2.45) is 0 Å². The molecule has 2 heteroatoms. The molecule has 0 bridgehead atoms. The number of ether oxygens (including phenoxy) is 1. The van der Waals surface area contributed by atoms with E-state index in [4.69, 9.17) is 4.74 Å². The smallest absolute Gasteiger partial charge is 0.119 e. The van der Waals surface area contributed by atoms with Gasteiger partial charge in [0, 0.05) is 11.2 Å². The maximum absolute atomic E-state index is 5.30. The van der Waals surface area contributed by atoms with Crippen LogP contribution >= 0.6 is 0 Å². The molecular weight excluding hydrogens is 258 g/mol. The highest BCUT2D eigenvalue weighted by atomic mass is 16.5. The Kier molecular flexibility index (Phi) is 2.81. The Morgan fingerprint density at radius 3 is 2.76 bits per heavy atom. The summed E-state index contributed by atoms with van der Waals surface area (Å²) in [4.78, 5) is 3.53. The van der Waals surface area contributed by atoms with E-state index in [9.17, 15) is 0 Å². The second-order valence-electron chi connectivity index (χ2n) is 5.50. The number of fused-ring (bicyclic) bond motifs is 2. The van der Waals surface area contributed by atoms with Gasteiger partial charge in [0.1, 0.15) is 5.75 Å². The Morgan fingerprint density at radius 2 is 1.90 bits per heavy atom. The first kappa shape index (κ1) is 12.3. The van der Waals surface area contributed by atoms with E-state index in [0.29, 0.717) is 0 Å². The van der Waals surface area contributed by atoms with Crippen molar-refractivity contribution < 1.29 is 4.74 Å². The molecule has 0 saturated heterocycles. The number of aromatic amines is 1. The van der Waals surface area contributed by atoms with Gasteiger partial charge in [-0.1, -0.05) is 24.3 Å². The lowest BCUT2D eigenvalue weighted by atomic mass is 9.90. The Balaban J connectivity index is 1.77. The van der Waals surface area contributed by atoms with Crippen molar-refractivity contribution in [1.29, 1.82) is 0 Å². The minimum absolute atomic E-state index is 0.941. The molecule has 0 aliphatic heterocycles. The van der Waals surface area contributed by atoms with E-state index in [1.807, 2.05) is 6.07 Å². The summed E-state index contributed by atoms with van der Waals surface area (Å²) in [7, 11) is 1.72. The average Bonchev–Trinajstić information content (AvgIpc) is 2.98. The molecule has 1 aromatic heterocycles. The van der Waals surface area contributed by atoms with Crippen molar-refractivity contribution in [3.8, 4) is 5.75 Å². The number of benzene rings is 2. The summed E-state index contributed by atoms with van der Waals surface area (Å²) < 4.78 is 5.30. The predicted octanol–water partition coefficient (Wildman–Crippen LogP) is 4.66. The highest BCUT2D eigenvalue weighted by molar-refractivity contribution is 5.90. The zero-order chi connectivity index (χ0) is 14.2. The van der Waals surface area contributed by atoms with Gasteiger partial charge < -0.3 is 9.72 Å². The number of aromatic nitrogens is 1. The fraction of sp³-hybridized carbons (Fsp3) is 0.158. The number of methoxy groups -OCH3 is 1. The highest BCUT2D eigenvalue weighted by Gasteiger charge is 2.14. The maximum Gasteiger partial charge on any atom is 0.119 e. The summed E-state index contributed by atoms with van der Waals surface area (Å²) in [5.74, 6) is 0.941. The molecule has 0 fully saturated rings. The van der Waals surface area contributed by atoms with Crippen LogP contribution in [-0.4, -0.2) is 12.1 Å². The van der Waals surface area contributed by atoms with E-state index in [-0.39, 0.29) is 0 Å². The molecule has 2 aromatic carbocycles. The molecule has 21 heavy (non-hydrogen) atoms. The summed E-state index contributed by atoms with van der Waals surface area (Å²) in [6.07, 6.45) is 4.42. The lowest BCUT2D eigenvalue weighted by molar-refractivity contribution is 0.414. The minimum atomic E-state index is 0.941. The molecule has 0 spiro atoms. The van der Waals surface area contributed by atoms with Gasteiger partial charge in [-0.2, -0.15) is 0 Å². The van der Waals surface area contributed by atoms with Gasteiger partial charge in [0.05, 0.1) is 7.11 Å². The molecule has 1 heterocycles. The van der Waals surface area contributed by atoms with Crippen LogP contribution < -0.4 is 4.74 Å². The Bertz CT molecular complexity index is 809. The van der Waals surface area contributed by atoms with Crippen molar-refractivity contribution in [2.75, 3.05) is 7.11 Å². The first-order valence-corrected chi connectivity index (χ1v) is 7.29. The van der Waals surface area contributed by atoms with Crippen LogP contribution in [0.15, 0.2) is 48.5 Å². The number of nitrogens with one attached hydrogen (secondary N) is 1. The monoisotopic (exact) mass is 275 g/mol. The van der Waals surface area contributed by atoms with Gasteiger partial charge in [0.25, 0.3) is 0 Å². The molecule has 1 N–H and O–H groups in total. The van der Waals surface area contributed by atoms with Crippen LogP contribution in [0.5, 0.6) is 5.75 Å². The molecule has 104 valence electrons. The number of H-pyrrole nitrogens is 1. The third-order valence-corrected chi connectivity index (χ3v) is 4.22. The SMILES string of the molecule is COc1ccc2c(c1)CCC(c1cc3ccccc3[nH]1)=C2. The molecule has 1 aliphatic rings. The predicted molar refractivity (Wildman–Crippen MR) is 87.5 cm³/mol. The van der Waals surface area contributed by atoms with Gasteiger partial charge >= 0.3 is 0 Å². The molecule has 4 rings (SSSR count). The van der Waals surface area contributed by atoms with E-state index >= 15 is 0 Å². The third kappa shape index (κ3) is 2.13. The van der Waals surface area contributed by atoms with Gasteiger partial charge in [-0.05, 0) is 65.3 Å². The van der Waals surface area contributed by atoms with Crippen molar-refractivity contribution in [2.45, 2.75) is 12.8 Å². The molecular formula is C19H17NO. The van der Waals surface area contributed by atoms with E-state index < -0.39 is 0 Å². The first-order valence-electron chi connectivity index (χ1n) is 7.29. The highest BCUT2D eigenvalue weighted by Crippen LogP contribution is 2.33. The summed E-state index contributed by atoms with van der Waals surface area (Å²) in [6, 6.07) is 17.0. The summed E-state index contributed by atoms with van der Waals surface area (Å²) in [5.41, 5.74) is 6.49. The van der Waals surface area contributed by atoms with Crippen molar-refractivity contribution >= 4 is 22.6 Å². The summed E-state index contributed by atoms with van der Waals surface area (Å²) in [6.45, 7) is 0. The van der Waals surface area contributed by atoms with Crippen LogP contribution in [0.2, 0.25) is 0 Å². The topological polar surface area (TPSA) is 25.0 Å². The van der Waals surface area contributed by atoms with Crippen molar-refractivity contribution in [3.05, 3.63) is 65.4 Å². The fourth-order valence-electron chi connectivity index (χ4n) is 3.05. The second kappa shape index (κ2) is 4.81. The van der Waals surface area contributed by atoms with Crippen molar-refractivity contribution in [3.63, 3.8) is 0 Å². The summed E-state index contributed by atoms with van der Waals surface area (Å²) in [5, 5.41) is 1.27. The lowest BCUT2D eigenvalue weighted by Gasteiger charge is -2.16. The Morgan fingerprint density at radius 1 is 1.00 bits per heavy atom. The number of allylic oxidation sites excluding steroid dienone is 1. The van der Waals surface area contributed by atoms with E-state index in [1.165, 1.54) is 33.3 Å². The molecule has 1 aliphatic carbocycles. The minimum Gasteiger partial charge on any atom is -0.497 e. The van der Waals surface area contributed by atoms with E-state index in [2.05, 4.69) is 53.5 Å². The zero-order valence-corrected chi connectivity index (χ0v) is 12.0. The van der Waals surface area contributed by atoms with Gasteiger partial charge in [-0.3, -0.25) is 0 Å². The van der Waals surface area contributed by atoms with Crippen LogP contribution in [-0.2, 0) is 6.42 Å².